The molecule has 1 fully saturated rings. The maximum atomic E-state index is 6.10. The summed E-state index contributed by atoms with van der Waals surface area (Å²) in [6.45, 7) is 6.60. The van der Waals surface area contributed by atoms with Gasteiger partial charge in [0.05, 0.1) is 6.61 Å². The van der Waals surface area contributed by atoms with Crippen LogP contribution in [0.15, 0.2) is 18.2 Å². The predicted octanol–water partition coefficient (Wildman–Crippen LogP) is 3.41. The first-order valence-electron chi connectivity index (χ1n) is 6.54. The molecule has 2 rings (SSSR count). The number of hydrogen-bond donors (Lipinski definition) is 1. The Balaban J connectivity index is 2.05. The van der Waals surface area contributed by atoms with E-state index in [9.17, 15) is 0 Å². The van der Waals surface area contributed by atoms with E-state index in [4.69, 9.17) is 9.47 Å². The molecular weight excluding hydrogens is 244 g/mol. The van der Waals surface area contributed by atoms with E-state index < -0.39 is 0 Å². The molecule has 1 aliphatic rings. The minimum Gasteiger partial charge on any atom is -0.492 e. The third-order valence-corrected chi connectivity index (χ3v) is 4.49. The van der Waals surface area contributed by atoms with Gasteiger partial charge in [-0.1, -0.05) is 18.2 Å². The van der Waals surface area contributed by atoms with Gasteiger partial charge in [0, 0.05) is 18.6 Å². The minimum atomic E-state index is 0.177. The van der Waals surface area contributed by atoms with Crippen LogP contribution in [-0.4, -0.2) is 25.6 Å². The molecule has 18 heavy (non-hydrogen) atoms. The molecule has 0 atom stereocenters. The lowest BCUT2D eigenvalue weighted by atomic mass is 9.83. The van der Waals surface area contributed by atoms with Crippen LogP contribution >= 0.6 is 12.6 Å². The number of aryl methyl sites for hydroxylation is 2. The van der Waals surface area contributed by atoms with Gasteiger partial charge in [0.1, 0.15) is 5.75 Å². The minimum absolute atomic E-state index is 0.177. The molecule has 0 saturated carbocycles. The summed E-state index contributed by atoms with van der Waals surface area (Å²) in [5.41, 5.74) is 2.59. The molecule has 2 nitrogen and oxygen atoms in total. The molecule has 0 unspecified atom stereocenters. The van der Waals surface area contributed by atoms with E-state index in [-0.39, 0.29) is 5.41 Å². The first-order valence-corrected chi connectivity index (χ1v) is 7.18. The monoisotopic (exact) mass is 266 g/mol. The summed E-state index contributed by atoms with van der Waals surface area (Å²) in [7, 11) is 0. The molecule has 0 amide bonds. The van der Waals surface area contributed by atoms with Crippen molar-refractivity contribution in [1.29, 1.82) is 0 Å². The van der Waals surface area contributed by atoms with Gasteiger partial charge in [-0.05, 0) is 43.6 Å². The Morgan fingerprint density at radius 2 is 1.83 bits per heavy atom. The van der Waals surface area contributed by atoms with Crippen molar-refractivity contribution in [3.63, 3.8) is 0 Å². The van der Waals surface area contributed by atoms with Gasteiger partial charge in [-0.2, -0.15) is 12.6 Å². The van der Waals surface area contributed by atoms with Crippen LogP contribution in [0.2, 0.25) is 0 Å². The number of thiol groups is 1. The lowest BCUT2D eigenvalue weighted by Crippen LogP contribution is -2.37. The van der Waals surface area contributed by atoms with Crippen molar-refractivity contribution in [3.8, 4) is 5.75 Å². The third kappa shape index (κ3) is 3.01. The highest BCUT2D eigenvalue weighted by Gasteiger charge is 2.32. The topological polar surface area (TPSA) is 18.5 Å². The zero-order chi connectivity index (χ0) is 13.0. The molecule has 0 aliphatic carbocycles. The summed E-state index contributed by atoms with van der Waals surface area (Å²) in [4.78, 5) is 0. The summed E-state index contributed by atoms with van der Waals surface area (Å²) in [6, 6.07) is 6.26. The molecule has 1 aromatic carbocycles. The van der Waals surface area contributed by atoms with Crippen LogP contribution < -0.4 is 4.74 Å². The fourth-order valence-electron chi connectivity index (χ4n) is 2.40. The second-order valence-electron chi connectivity index (χ2n) is 5.28. The average Bonchev–Trinajstić information content (AvgIpc) is 2.39. The van der Waals surface area contributed by atoms with E-state index >= 15 is 0 Å². The maximum absolute atomic E-state index is 6.10. The Hall–Kier alpha value is -0.670. The van der Waals surface area contributed by atoms with Crippen LogP contribution in [0.1, 0.15) is 24.0 Å². The van der Waals surface area contributed by atoms with Crippen molar-refractivity contribution in [2.75, 3.05) is 25.6 Å². The quantitative estimate of drug-likeness (QED) is 0.842. The van der Waals surface area contributed by atoms with Gasteiger partial charge < -0.3 is 9.47 Å². The van der Waals surface area contributed by atoms with Gasteiger partial charge >= 0.3 is 0 Å². The molecular formula is C15H22O2S. The van der Waals surface area contributed by atoms with Gasteiger partial charge in [-0.3, -0.25) is 0 Å². The second kappa shape index (κ2) is 5.98. The van der Waals surface area contributed by atoms with Crippen molar-refractivity contribution >= 4 is 12.6 Å². The van der Waals surface area contributed by atoms with Crippen LogP contribution in [0.5, 0.6) is 5.75 Å². The van der Waals surface area contributed by atoms with Gasteiger partial charge in [0.25, 0.3) is 0 Å². The highest BCUT2D eigenvalue weighted by molar-refractivity contribution is 7.80. The number of ether oxygens (including phenoxy) is 2. The van der Waals surface area contributed by atoms with Crippen molar-refractivity contribution in [3.05, 3.63) is 29.3 Å². The van der Waals surface area contributed by atoms with E-state index in [0.29, 0.717) is 0 Å². The third-order valence-electron chi connectivity index (χ3n) is 3.82. The molecule has 3 heteroatoms. The van der Waals surface area contributed by atoms with Crippen LogP contribution in [0, 0.1) is 19.3 Å². The summed E-state index contributed by atoms with van der Waals surface area (Å²) in [6.07, 6.45) is 2.09. The van der Waals surface area contributed by atoms with Crippen molar-refractivity contribution in [2.45, 2.75) is 26.7 Å². The molecule has 100 valence electrons. The van der Waals surface area contributed by atoms with Crippen LogP contribution in [0.25, 0.3) is 0 Å². The summed E-state index contributed by atoms with van der Waals surface area (Å²) in [5, 5.41) is 0. The molecule has 0 radical (unpaired) electrons. The van der Waals surface area contributed by atoms with Crippen molar-refractivity contribution in [2.24, 2.45) is 5.41 Å². The van der Waals surface area contributed by atoms with Gasteiger partial charge in [-0.25, -0.2) is 0 Å². The van der Waals surface area contributed by atoms with Crippen molar-refractivity contribution in [1.82, 2.24) is 0 Å². The summed E-state index contributed by atoms with van der Waals surface area (Å²) >= 11 is 4.51. The SMILES string of the molecule is Cc1cccc(C)c1OCC1(CS)CCOCC1. The zero-order valence-electron chi connectivity index (χ0n) is 11.2. The summed E-state index contributed by atoms with van der Waals surface area (Å²) < 4.78 is 11.5. The Morgan fingerprint density at radius 1 is 1.22 bits per heavy atom. The number of hydrogen-bond acceptors (Lipinski definition) is 3. The van der Waals surface area contributed by atoms with E-state index in [1.165, 1.54) is 11.1 Å². The molecule has 0 N–H and O–H groups in total. The Morgan fingerprint density at radius 3 is 2.39 bits per heavy atom. The van der Waals surface area contributed by atoms with E-state index in [0.717, 1.165) is 44.2 Å². The maximum Gasteiger partial charge on any atom is 0.125 e. The largest absolute Gasteiger partial charge is 0.492 e. The first-order chi connectivity index (χ1) is 8.67. The van der Waals surface area contributed by atoms with Crippen molar-refractivity contribution < 1.29 is 9.47 Å². The highest BCUT2D eigenvalue weighted by Crippen LogP contribution is 2.33. The summed E-state index contributed by atoms with van der Waals surface area (Å²) in [5.74, 6) is 1.89. The molecule has 0 spiro atoms. The average molecular weight is 266 g/mol. The second-order valence-corrected chi connectivity index (χ2v) is 5.60. The molecule has 1 aliphatic heterocycles. The molecule has 0 bridgehead atoms. The van der Waals surface area contributed by atoms with Gasteiger partial charge in [0.15, 0.2) is 0 Å². The van der Waals surface area contributed by atoms with Crippen LogP contribution in [-0.2, 0) is 4.74 Å². The fourth-order valence-corrected chi connectivity index (χ4v) is 2.81. The molecule has 1 aromatic rings. The van der Waals surface area contributed by atoms with E-state index in [1.54, 1.807) is 0 Å². The number of para-hydroxylation sites is 1. The lowest BCUT2D eigenvalue weighted by Gasteiger charge is -2.35. The standard InChI is InChI=1S/C15H22O2S/c1-12-4-3-5-13(2)14(12)17-10-15(11-18)6-8-16-9-7-15/h3-5,18H,6-11H2,1-2H3. The normalized spacial score (nSPS) is 18.6. The Labute approximate surface area is 115 Å². The Bertz CT molecular complexity index is 377. The predicted molar refractivity (Wildman–Crippen MR) is 77.8 cm³/mol. The van der Waals surface area contributed by atoms with E-state index in [2.05, 4.69) is 44.7 Å². The van der Waals surface area contributed by atoms with Gasteiger partial charge in [0.2, 0.25) is 0 Å². The highest BCUT2D eigenvalue weighted by atomic mass is 32.1. The smallest absolute Gasteiger partial charge is 0.125 e. The van der Waals surface area contributed by atoms with E-state index in [1.807, 2.05) is 0 Å². The van der Waals surface area contributed by atoms with Gasteiger partial charge in [-0.15, -0.1) is 0 Å². The van der Waals surface area contributed by atoms with Crippen LogP contribution in [0.4, 0.5) is 0 Å². The molecule has 0 aromatic heterocycles. The molecule has 1 saturated heterocycles. The molecule has 1 heterocycles. The Kier molecular flexibility index (Phi) is 4.57. The zero-order valence-corrected chi connectivity index (χ0v) is 12.1. The number of rotatable bonds is 4. The van der Waals surface area contributed by atoms with Crippen LogP contribution in [0.3, 0.4) is 0 Å². The lowest BCUT2D eigenvalue weighted by molar-refractivity contribution is 0.00288. The fraction of sp³-hybridized carbons (Fsp3) is 0.600. The first kappa shape index (κ1) is 13.8. The number of benzene rings is 1.